The summed E-state index contributed by atoms with van der Waals surface area (Å²) in [5, 5.41) is 9.59. The molecule has 5 nitrogen and oxygen atoms in total. The fraction of sp³-hybridized carbons (Fsp3) is 0. The van der Waals surface area contributed by atoms with E-state index in [1.54, 1.807) is 0 Å². The van der Waals surface area contributed by atoms with Gasteiger partial charge in [-0.05, 0) is 125 Å². The third-order valence-corrected chi connectivity index (χ3v) is 13.8. The van der Waals surface area contributed by atoms with E-state index < -0.39 is 0 Å². The number of benzene rings is 10. The molecule has 0 bridgehead atoms. The number of ether oxygens (including phenoxy) is 1. The lowest BCUT2D eigenvalue weighted by molar-refractivity contribution is 0.476. The van der Waals surface area contributed by atoms with Gasteiger partial charge in [0.1, 0.15) is 11.2 Å². The summed E-state index contributed by atoms with van der Waals surface area (Å²) in [6, 6.07) is 76.7. The van der Waals surface area contributed by atoms with Crippen LogP contribution in [0.25, 0.3) is 127 Å². The molecular formula is C60H35N3O2. The maximum atomic E-state index is 6.37. The van der Waals surface area contributed by atoms with Crippen molar-refractivity contribution in [3.8, 4) is 50.8 Å². The van der Waals surface area contributed by atoms with Gasteiger partial charge < -0.3 is 22.9 Å². The molecule has 15 rings (SSSR count). The number of hydrogen-bond donors (Lipinski definition) is 0. The second-order valence-electron chi connectivity index (χ2n) is 17.3. The predicted molar refractivity (Wildman–Crippen MR) is 268 cm³/mol. The zero-order valence-electron chi connectivity index (χ0n) is 34.9. The van der Waals surface area contributed by atoms with Gasteiger partial charge in [0.25, 0.3) is 0 Å². The first kappa shape index (κ1) is 34.7. The highest BCUT2D eigenvalue weighted by atomic mass is 16.5. The summed E-state index contributed by atoms with van der Waals surface area (Å²) in [6.07, 6.45) is 0. The van der Waals surface area contributed by atoms with Crippen LogP contribution < -0.4 is 4.74 Å². The summed E-state index contributed by atoms with van der Waals surface area (Å²) in [7, 11) is 0. The topological polar surface area (TPSA) is 37.2 Å². The normalized spacial score (nSPS) is 12.4. The van der Waals surface area contributed by atoms with Crippen molar-refractivity contribution < 1.29 is 9.15 Å². The molecule has 0 N–H and O–H groups in total. The second-order valence-corrected chi connectivity index (χ2v) is 17.3. The Morgan fingerprint density at radius 1 is 0.277 bits per heavy atom. The smallest absolute Gasteiger partial charge is 0.152 e. The summed E-state index contributed by atoms with van der Waals surface area (Å²) < 4.78 is 19.7. The van der Waals surface area contributed by atoms with Gasteiger partial charge in [-0.2, -0.15) is 0 Å². The first-order valence-electron chi connectivity index (χ1n) is 22.2. The van der Waals surface area contributed by atoms with Gasteiger partial charge in [-0.3, -0.25) is 0 Å². The molecule has 0 saturated heterocycles. The summed E-state index contributed by atoms with van der Waals surface area (Å²) >= 11 is 0. The van der Waals surface area contributed by atoms with Gasteiger partial charge in [-0.25, -0.2) is 0 Å². The molecule has 1 aliphatic rings. The molecular weight excluding hydrogens is 795 g/mol. The Labute approximate surface area is 371 Å². The van der Waals surface area contributed by atoms with E-state index in [-0.39, 0.29) is 0 Å². The van der Waals surface area contributed by atoms with Gasteiger partial charge in [0.15, 0.2) is 11.5 Å². The zero-order chi connectivity index (χ0) is 42.3. The minimum absolute atomic E-state index is 0.877. The van der Waals surface area contributed by atoms with E-state index in [4.69, 9.17) is 9.15 Å². The minimum Gasteiger partial charge on any atom is -0.456 e. The van der Waals surface area contributed by atoms with Gasteiger partial charge >= 0.3 is 0 Å². The minimum atomic E-state index is 0.877. The van der Waals surface area contributed by atoms with Gasteiger partial charge in [0.2, 0.25) is 0 Å². The first-order valence-corrected chi connectivity index (χ1v) is 22.2. The van der Waals surface area contributed by atoms with Crippen LogP contribution in [0.2, 0.25) is 0 Å². The van der Waals surface area contributed by atoms with Gasteiger partial charge in [0, 0.05) is 54.5 Å². The molecule has 0 amide bonds. The molecule has 0 radical (unpaired) electrons. The van der Waals surface area contributed by atoms with Crippen LogP contribution in [0.15, 0.2) is 217 Å². The largest absolute Gasteiger partial charge is 0.456 e. The number of fused-ring (bicyclic) bond motifs is 14. The lowest BCUT2D eigenvalue weighted by Gasteiger charge is -2.20. The molecule has 0 fully saturated rings. The van der Waals surface area contributed by atoms with Crippen LogP contribution in [0.3, 0.4) is 0 Å². The Morgan fingerprint density at radius 3 is 1.49 bits per heavy atom. The fourth-order valence-corrected chi connectivity index (χ4v) is 10.9. The zero-order valence-corrected chi connectivity index (χ0v) is 34.9. The van der Waals surface area contributed by atoms with Crippen LogP contribution in [0.4, 0.5) is 0 Å². The van der Waals surface area contributed by atoms with Crippen molar-refractivity contribution in [3.05, 3.63) is 212 Å². The van der Waals surface area contributed by atoms with Gasteiger partial charge in [0.05, 0.1) is 38.8 Å². The number of para-hydroxylation sites is 6. The molecule has 14 aromatic rings. The predicted octanol–water partition coefficient (Wildman–Crippen LogP) is 16.3. The second kappa shape index (κ2) is 12.9. The van der Waals surface area contributed by atoms with E-state index in [9.17, 15) is 0 Å². The molecule has 0 unspecified atom stereocenters. The third kappa shape index (κ3) is 4.87. The van der Waals surface area contributed by atoms with E-state index in [0.717, 1.165) is 56.0 Å². The summed E-state index contributed by atoms with van der Waals surface area (Å²) in [6.45, 7) is 0. The van der Waals surface area contributed by atoms with Crippen LogP contribution in [0.1, 0.15) is 0 Å². The van der Waals surface area contributed by atoms with Crippen molar-refractivity contribution >= 4 is 87.4 Å². The standard InChI is InChI=1S/C60H35N3O2/c1-4-14-50-42(10-1)46-33-38(39-24-29-53-47(34-39)43-11-2-5-15-51(43)62(53)41-27-31-57-49(35-41)44-12-3-7-17-56(44)64-57)23-28-52(46)61(50)40-25-20-36(21-26-40)37-22-30-54-48(32-37)45-13-9-19-59-60(45)63(54)55-16-6-8-18-58(55)65-59/h1-35H. The number of furan rings is 1. The number of hydrogen-bond acceptors (Lipinski definition) is 2. The average molecular weight is 830 g/mol. The van der Waals surface area contributed by atoms with E-state index in [0.29, 0.717) is 0 Å². The SMILES string of the molecule is c1ccc2c(c1)Oc1cccc3c4cc(-c5ccc(-n6c7ccccc7c7cc(-c8ccc9c(c8)c8ccccc8n9-c8ccc9oc%10ccccc%10c9c8)ccc76)cc5)ccc4n-2c13. The molecule has 302 valence electrons. The Hall–Kier alpha value is -8.80. The molecule has 5 heterocycles. The van der Waals surface area contributed by atoms with Crippen LogP contribution >= 0.6 is 0 Å². The third-order valence-electron chi connectivity index (χ3n) is 13.8. The van der Waals surface area contributed by atoms with Crippen molar-refractivity contribution in [2.24, 2.45) is 0 Å². The van der Waals surface area contributed by atoms with Crippen LogP contribution in [-0.4, -0.2) is 13.7 Å². The molecule has 0 atom stereocenters. The Morgan fingerprint density at radius 2 is 0.769 bits per heavy atom. The fourth-order valence-electron chi connectivity index (χ4n) is 10.9. The molecule has 0 spiro atoms. The van der Waals surface area contributed by atoms with Crippen LogP contribution in [0.5, 0.6) is 11.5 Å². The quantitative estimate of drug-likeness (QED) is 0.177. The molecule has 0 aliphatic carbocycles. The van der Waals surface area contributed by atoms with Crippen molar-refractivity contribution in [3.63, 3.8) is 0 Å². The highest BCUT2D eigenvalue weighted by Crippen LogP contribution is 2.46. The highest BCUT2D eigenvalue weighted by Gasteiger charge is 2.24. The van der Waals surface area contributed by atoms with Crippen molar-refractivity contribution in [2.75, 3.05) is 0 Å². The summed E-state index contributed by atoms with van der Waals surface area (Å²) in [5.74, 6) is 1.77. The number of aromatic nitrogens is 3. The van der Waals surface area contributed by atoms with Gasteiger partial charge in [-0.15, -0.1) is 0 Å². The van der Waals surface area contributed by atoms with E-state index in [1.165, 1.54) is 82.2 Å². The molecule has 5 heteroatoms. The first-order chi connectivity index (χ1) is 32.2. The number of rotatable bonds is 4. The molecule has 10 aromatic carbocycles. The van der Waals surface area contributed by atoms with E-state index in [1.807, 2.05) is 24.3 Å². The van der Waals surface area contributed by atoms with Crippen LogP contribution in [0, 0.1) is 0 Å². The lowest BCUT2D eigenvalue weighted by atomic mass is 10.0. The Balaban J connectivity index is 0.821. The Bertz CT molecular complexity index is 4330. The molecule has 1 aliphatic heterocycles. The van der Waals surface area contributed by atoms with Crippen molar-refractivity contribution in [1.29, 1.82) is 0 Å². The lowest BCUT2D eigenvalue weighted by Crippen LogP contribution is -2.03. The monoisotopic (exact) mass is 829 g/mol. The van der Waals surface area contributed by atoms with Gasteiger partial charge in [-0.1, -0.05) is 109 Å². The average Bonchev–Trinajstić information content (AvgIpc) is 4.11. The van der Waals surface area contributed by atoms with Crippen molar-refractivity contribution in [1.82, 2.24) is 13.7 Å². The van der Waals surface area contributed by atoms with Crippen molar-refractivity contribution in [2.45, 2.75) is 0 Å². The summed E-state index contributed by atoms with van der Waals surface area (Å²) in [4.78, 5) is 0. The van der Waals surface area contributed by atoms with Crippen LogP contribution in [-0.2, 0) is 0 Å². The summed E-state index contributed by atoms with van der Waals surface area (Å²) in [5.41, 5.74) is 16.9. The molecule has 65 heavy (non-hydrogen) atoms. The molecule has 0 saturated carbocycles. The van der Waals surface area contributed by atoms with E-state index >= 15 is 0 Å². The maximum absolute atomic E-state index is 6.37. The molecule has 4 aromatic heterocycles. The maximum Gasteiger partial charge on any atom is 0.152 e. The number of nitrogens with zero attached hydrogens (tertiary/aromatic N) is 3. The van der Waals surface area contributed by atoms with E-state index in [2.05, 4.69) is 202 Å². The Kier molecular flexibility index (Phi) is 6.89. The highest BCUT2D eigenvalue weighted by molar-refractivity contribution is 6.15.